The highest BCUT2D eigenvalue weighted by molar-refractivity contribution is 5.72. The molecule has 3 N–H and O–H groups in total. The molecule has 2 aromatic rings. The van der Waals surface area contributed by atoms with Crippen LogP contribution < -0.4 is 5.73 Å². The second-order valence-electron chi connectivity index (χ2n) is 4.96. The molecule has 2 aromatic heterocycles. The summed E-state index contributed by atoms with van der Waals surface area (Å²) in [5, 5.41) is 0. The summed E-state index contributed by atoms with van der Waals surface area (Å²) in [5.74, 6) is 1.60. The van der Waals surface area contributed by atoms with Crippen molar-refractivity contribution in [1.82, 2.24) is 15.0 Å². The topological polar surface area (TPSA) is 67.6 Å². The average molecular weight is 216 g/mol. The molecule has 16 heavy (non-hydrogen) atoms. The molecule has 1 aliphatic rings. The van der Waals surface area contributed by atoms with Gasteiger partial charge in [0.1, 0.15) is 11.6 Å². The first-order chi connectivity index (χ1) is 7.67. The minimum absolute atomic E-state index is 0.204. The van der Waals surface area contributed by atoms with Crippen molar-refractivity contribution in [1.29, 1.82) is 0 Å². The molecule has 84 valence electrons. The highest BCUT2D eigenvalue weighted by Gasteiger charge is 2.33. The van der Waals surface area contributed by atoms with Crippen LogP contribution in [0.15, 0.2) is 12.1 Å². The molecule has 0 amide bonds. The van der Waals surface area contributed by atoms with E-state index in [-0.39, 0.29) is 5.41 Å². The third-order valence-corrected chi connectivity index (χ3v) is 3.65. The molecule has 0 aliphatic heterocycles. The highest BCUT2D eigenvalue weighted by Crippen LogP contribution is 2.39. The largest absolute Gasteiger partial charge is 0.384 e. The second-order valence-corrected chi connectivity index (χ2v) is 4.96. The molecular formula is C12H16N4. The Hall–Kier alpha value is -1.58. The van der Waals surface area contributed by atoms with E-state index in [2.05, 4.69) is 21.9 Å². The van der Waals surface area contributed by atoms with Crippen LogP contribution >= 0.6 is 0 Å². The number of nitrogens with zero attached hydrogens (tertiary/aromatic N) is 2. The molecule has 3 rings (SSSR count). The smallest absolute Gasteiger partial charge is 0.179 e. The Morgan fingerprint density at radius 1 is 1.25 bits per heavy atom. The predicted octanol–water partition coefficient (Wildman–Crippen LogP) is 2.37. The molecular weight excluding hydrogens is 200 g/mol. The number of nitrogens with one attached hydrogen (secondary N) is 1. The number of aromatic nitrogens is 3. The number of rotatable bonds is 1. The van der Waals surface area contributed by atoms with Gasteiger partial charge in [-0.2, -0.15) is 0 Å². The highest BCUT2D eigenvalue weighted by atomic mass is 15.0. The van der Waals surface area contributed by atoms with Gasteiger partial charge in [-0.15, -0.1) is 0 Å². The van der Waals surface area contributed by atoms with Crippen LogP contribution in [0, 0.1) is 0 Å². The van der Waals surface area contributed by atoms with E-state index < -0.39 is 0 Å². The molecule has 0 radical (unpaired) electrons. The normalized spacial score (nSPS) is 19.3. The fourth-order valence-electron chi connectivity index (χ4n) is 2.59. The van der Waals surface area contributed by atoms with Gasteiger partial charge >= 0.3 is 0 Å². The first kappa shape index (κ1) is 9.63. The molecule has 0 saturated heterocycles. The lowest BCUT2D eigenvalue weighted by atomic mass is 9.88. The zero-order valence-corrected chi connectivity index (χ0v) is 9.45. The molecule has 0 spiro atoms. The van der Waals surface area contributed by atoms with E-state index in [1.165, 1.54) is 25.7 Å². The van der Waals surface area contributed by atoms with E-state index in [0.717, 1.165) is 17.0 Å². The fraction of sp³-hybridized carbons (Fsp3) is 0.500. The van der Waals surface area contributed by atoms with Crippen LogP contribution in [-0.2, 0) is 5.41 Å². The molecule has 0 aromatic carbocycles. The van der Waals surface area contributed by atoms with Crippen LogP contribution in [0.2, 0.25) is 0 Å². The van der Waals surface area contributed by atoms with Gasteiger partial charge in [-0.1, -0.05) is 19.8 Å². The summed E-state index contributed by atoms with van der Waals surface area (Å²) >= 11 is 0. The van der Waals surface area contributed by atoms with Crippen molar-refractivity contribution in [3.63, 3.8) is 0 Å². The van der Waals surface area contributed by atoms with Gasteiger partial charge in [0.25, 0.3) is 0 Å². The summed E-state index contributed by atoms with van der Waals surface area (Å²) in [6.07, 6.45) is 5.01. The molecule has 1 aliphatic carbocycles. The van der Waals surface area contributed by atoms with E-state index in [1.54, 1.807) is 6.07 Å². The van der Waals surface area contributed by atoms with Gasteiger partial charge in [0.15, 0.2) is 5.65 Å². The zero-order valence-electron chi connectivity index (χ0n) is 9.45. The van der Waals surface area contributed by atoms with E-state index in [4.69, 9.17) is 5.73 Å². The third kappa shape index (κ3) is 1.37. The lowest BCUT2D eigenvalue weighted by molar-refractivity contribution is 0.464. The molecule has 0 unspecified atom stereocenters. The van der Waals surface area contributed by atoms with E-state index in [0.29, 0.717) is 5.82 Å². The molecule has 1 fully saturated rings. The zero-order chi connectivity index (χ0) is 11.2. The van der Waals surface area contributed by atoms with Crippen LogP contribution in [0.25, 0.3) is 11.2 Å². The maximum atomic E-state index is 5.65. The van der Waals surface area contributed by atoms with Gasteiger partial charge < -0.3 is 10.7 Å². The van der Waals surface area contributed by atoms with Crippen molar-refractivity contribution < 1.29 is 0 Å². The number of nitrogen functional groups attached to an aromatic ring is 1. The number of anilines is 1. The van der Waals surface area contributed by atoms with Crippen molar-refractivity contribution in [3.8, 4) is 0 Å². The van der Waals surface area contributed by atoms with Crippen molar-refractivity contribution in [2.45, 2.75) is 38.0 Å². The van der Waals surface area contributed by atoms with Gasteiger partial charge in [-0.05, 0) is 25.0 Å². The predicted molar refractivity (Wildman–Crippen MR) is 64.1 cm³/mol. The number of imidazole rings is 1. The molecule has 0 bridgehead atoms. The Labute approximate surface area is 94.3 Å². The van der Waals surface area contributed by atoms with Gasteiger partial charge in [0, 0.05) is 5.41 Å². The van der Waals surface area contributed by atoms with E-state index >= 15 is 0 Å². The van der Waals surface area contributed by atoms with E-state index in [1.807, 2.05) is 6.07 Å². The molecule has 4 heteroatoms. The summed E-state index contributed by atoms with van der Waals surface area (Å²) in [5.41, 5.74) is 7.58. The number of hydrogen-bond donors (Lipinski definition) is 2. The monoisotopic (exact) mass is 216 g/mol. The molecule has 0 atom stereocenters. The summed E-state index contributed by atoms with van der Waals surface area (Å²) in [4.78, 5) is 12.2. The molecule has 1 saturated carbocycles. The number of fused-ring (bicyclic) bond motifs is 1. The Bertz CT molecular complexity index is 523. The lowest BCUT2D eigenvalue weighted by Gasteiger charge is -2.19. The Kier molecular flexibility index (Phi) is 1.93. The summed E-state index contributed by atoms with van der Waals surface area (Å²) in [7, 11) is 0. The van der Waals surface area contributed by atoms with Crippen molar-refractivity contribution in [2.24, 2.45) is 0 Å². The first-order valence-corrected chi connectivity index (χ1v) is 5.80. The number of hydrogen-bond acceptors (Lipinski definition) is 3. The van der Waals surface area contributed by atoms with Gasteiger partial charge in [0.2, 0.25) is 0 Å². The van der Waals surface area contributed by atoms with Crippen LogP contribution in [0.1, 0.15) is 38.4 Å². The molecule has 4 nitrogen and oxygen atoms in total. The maximum absolute atomic E-state index is 5.65. The van der Waals surface area contributed by atoms with Crippen LogP contribution in [-0.4, -0.2) is 15.0 Å². The van der Waals surface area contributed by atoms with Crippen molar-refractivity contribution in [2.75, 3.05) is 5.73 Å². The fourth-order valence-corrected chi connectivity index (χ4v) is 2.59. The average Bonchev–Trinajstić information content (AvgIpc) is 2.84. The van der Waals surface area contributed by atoms with Crippen LogP contribution in [0.3, 0.4) is 0 Å². The Morgan fingerprint density at radius 3 is 2.75 bits per heavy atom. The third-order valence-electron chi connectivity index (χ3n) is 3.65. The summed E-state index contributed by atoms with van der Waals surface area (Å²) < 4.78 is 0. The molecule has 2 heterocycles. The van der Waals surface area contributed by atoms with Gasteiger partial charge in [-0.25, -0.2) is 9.97 Å². The van der Waals surface area contributed by atoms with Crippen molar-refractivity contribution in [3.05, 3.63) is 18.0 Å². The second kappa shape index (κ2) is 3.20. The summed E-state index contributed by atoms with van der Waals surface area (Å²) in [6.45, 7) is 2.28. The Balaban J connectivity index is 2.11. The standard InChI is InChI=1S/C12H16N4/c1-12(6-2-3-7-12)11-14-8-4-5-9(13)15-10(8)16-11/h4-5H,2-3,6-7H2,1H3,(H3,13,14,15,16). The number of H-pyrrole nitrogens is 1. The van der Waals surface area contributed by atoms with Crippen molar-refractivity contribution >= 4 is 17.0 Å². The first-order valence-electron chi connectivity index (χ1n) is 5.80. The number of pyridine rings is 1. The Morgan fingerprint density at radius 2 is 2.00 bits per heavy atom. The quantitative estimate of drug-likeness (QED) is 0.769. The van der Waals surface area contributed by atoms with Gasteiger partial charge in [0.05, 0.1) is 5.52 Å². The lowest BCUT2D eigenvalue weighted by Crippen LogP contribution is -2.18. The minimum Gasteiger partial charge on any atom is -0.384 e. The van der Waals surface area contributed by atoms with Crippen LogP contribution in [0.5, 0.6) is 0 Å². The minimum atomic E-state index is 0.204. The van der Waals surface area contributed by atoms with Gasteiger partial charge in [-0.3, -0.25) is 0 Å². The van der Waals surface area contributed by atoms with E-state index in [9.17, 15) is 0 Å². The SMILES string of the molecule is CC1(c2nc3nc(N)ccc3[nH]2)CCCC1. The number of aromatic amines is 1. The van der Waals surface area contributed by atoms with Crippen LogP contribution in [0.4, 0.5) is 5.82 Å². The summed E-state index contributed by atoms with van der Waals surface area (Å²) in [6, 6.07) is 3.76. The maximum Gasteiger partial charge on any atom is 0.179 e. The number of nitrogens with two attached hydrogens (primary N) is 1.